The van der Waals surface area contributed by atoms with Crippen LogP contribution in [0.3, 0.4) is 0 Å². The normalized spacial score (nSPS) is 17.4. The number of H-pyrrole nitrogens is 1. The summed E-state index contributed by atoms with van der Waals surface area (Å²) in [6.07, 6.45) is 0.924. The molecule has 0 radical (unpaired) electrons. The summed E-state index contributed by atoms with van der Waals surface area (Å²) in [5, 5.41) is 0.586. The number of thiophene rings is 1. The van der Waals surface area contributed by atoms with Gasteiger partial charge in [0, 0.05) is 18.0 Å². The van der Waals surface area contributed by atoms with E-state index in [1.165, 1.54) is 11.3 Å². The quantitative estimate of drug-likeness (QED) is 0.763. The number of esters is 1. The fraction of sp³-hybridized carbons (Fsp3) is 0.600. The molecule has 8 nitrogen and oxygen atoms in total. The standard InChI is InChI=1S/C20H27N3O5S/c1-11-12(2)29-17-15(11)16(24)21-14(22-17)10-27-18(25)13-7-6-8-23(9-13)19(26)28-20(3,4)5/h13H,6-10H2,1-5H3,(H,21,22,24)/t13-/m0/s1. The van der Waals surface area contributed by atoms with Crippen LogP contribution in [0.5, 0.6) is 0 Å². The van der Waals surface area contributed by atoms with E-state index < -0.39 is 23.6 Å². The molecular weight excluding hydrogens is 394 g/mol. The number of ether oxygens (including phenoxy) is 2. The number of carbonyl (C=O) groups excluding carboxylic acids is 2. The average Bonchev–Trinajstić information content (AvgIpc) is 2.92. The highest BCUT2D eigenvalue weighted by Crippen LogP contribution is 2.26. The minimum atomic E-state index is -0.584. The number of likely N-dealkylation sites (tertiary alicyclic amines) is 1. The molecule has 9 heteroatoms. The van der Waals surface area contributed by atoms with Crippen molar-refractivity contribution in [2.45, 2.75) is 59.7 Å². The van der Waals surface area contributed by atoms with Gasteiger partial charge in [0.25, 0.3) is 5.56 Å². The number of hydrogen-bond acceptors (Lipinski definition) is 7. The average molecular weight is 422 g/mol. The molecule has 1 atom stereocenters. The van der Waals surface area contributed by atoms with Crippen molar-refractivity contribution in [1.82, 2.24) is 14.9 Å². The molecule has 3 rings (SSSR count). The van der Waals surface area contributed by atoms with Crippen LogP contribution < -0.4 is 5.56 Å². The molecule has 158 valence electrons. The van der Waals surface area contributed by atoms with E-state index in [1.807, 2.05) is 34.6 Å². The Balaban J connectivity index is 1.62. The molecule has 1 aliphatic heterocycles. The summed E-state index contributed by atoms with van der Waals surface area (Å²) in [5.41, 5.74) is 0.113. The van der Waals surface area contributed by atoms with Crippen molar-refractivity contribution in [3.05, 3.63) is 26.6 Å². The van der Waals surface area contributed by atoms with Crippen LogP contribution in [-0.4, -0.2) is 45.6 Å². The molecular formula is C20H27N3O5S. The minimum Gasteiger partial charge on any atom is -0.457 e. The lowest BCUT2D eigenvalue weighted by molar-refractivity contribution is -0.151. The Morgan fingerprint density at radius 1 is 1.31 bits per heavy atom. The summed E-state index contributed by atoms with van der Waals surface area (Å²) in [7, 11) is 0. The van der Waals surface area contributed by atoms with Crippen molar-refractivity contribution in [1.29, 1.82) is 0 Å². The zero-order valence-electron chi connectivity index (χ0n) is 17.5. The molecule has 0 aromatic carbocycles. The fourth-order valence-corrected chi connectivity index (χ4v) is 4.34. The third-order valence-electron chi connectivity index (χ3n) is 4.85. The molecule has 29 heavy (non-hydrogen) atoms. The van der Waals surface area contributed by atoms with E-state index in [0.717, 1.165) is 10.4 Å². The Labute approximate surface area is 173 Å². The van der Waals surface area contributed by atoms with Gasteiger partial charge >= 0.3 is 12.1 Å². The molecule has 0 aliphatic carbocycles. The second-order valence-electron chi connectivity index (χ2n) is 8.35. The molecule has 2 aromatic rings. The maximum absolute atomic E-state index is 12.5. The number of nitrogens with zero attached hydrogens (tertiary/aromatic N) is 2. The highest BCUT2D eigenvalue weighted by molar-refractivity contribution is 7.18. The Kier molecular flexibility index (Phi) is 5.97. The van der Waals surface area contributed by atoms with Crippen LogP contribution >= 0.6 is 11.3 Å². The van der Waals surface area contributed by atoms with Gasteiger partial charge in [-0.3, -0.25) is 9.59 Å². The number of nitrogens with one attached hydrogen (secondary N) is 1. The third kappa shape index (κ3) is 4.95. The molecule has 0 spiro atoms. The molecule has 1 fully saturated rings. The lowest BCUT2D eigenvalue weighted by atomic mass is 9.98. The number of carbonyl (C=O) groups is 2. The van der Waals surface area contributed by atoms with Gasteiger partial charge in [-0.05, 0) is 53.0 Å². The Hall–Kier alpha value is -2.42. The van der Waals surface area contributed by atoms with E-state index >= 15 is 0 Å². The van der Waals surface area contributed by atoms with Gasteiger partial charge in [0.2, 0.25) is 0 Å². The molecule has 0 bridgehead atoms. The van der Waals surface area contributed by atoms with E-state index in [1.54, 1.807) is 4.90 Å². The van der Waals surface area contributed by atoms with Crippen LogP contribution in [0.25, 0.3) is 10.2 Å². The predicted molar refractivity (Wildman–Crippen MR) is 110 cm³/mol. The molecule has 1 amide bonds. The van der Waals surface area contributed by atoms with Crippen LogP contribution in [0.1, 0.15) is 49.9 Å². The van der Waals surface area contributed by atoms with E-state index in [2.05, 4.69) is 9.97 Å². The van der Waals surface area contributed by atoms with Gasteiger partial charge < -0.3 is 19.4 Å². The van der Waals surface area contributed by atoms with Crippen molar-refractivity contribution < 1.29 is 19.1 Å². The Morgan fingerprint density at radius 2 is 2.03 bits per heavy atom. The van der Waals surface area contributed by atoms with Crippen molar-refractivity contribution in [2.75, 3.05) is 13.1 Å². The highest BCUT2D eigenvalue weighted by atomic mass is 32.1. The SMILES string of the molecule is Cc1sc2nc(COC(=O)[C@H]3CCCN(C(=O)OC(C)(C)C)C3)[nH]c(=O)c2c1C. The summed E-state index contributed by atoms with van der Waals surface area (Å²) >= 11 is 1.45. The molecule has 0 unspecified atom stereocenters. The van der Waals surface area contributed by atoms with Gasteiger partial charge in [-0.25, -0.2) is 9.78 Å². The van der Waals surface area contributed by atoms with Gasteiger partial charge in [0.15, 0.2) is 0 Å². The zero-order chi connectivity index (χ0) is 21.3. The first-order valence-electron chi connectivity index (χ1n) is 9.68. The van der Waals surface area contributed by atoms with E-state index in [4.69, 9.17) is 9.47 Å². The molecule has 3 heterocycles. The van der Waals surface area contributed by atoms with Gasteiger partial charge in [-0.2, -0.15) is 0 Å². The number of hydrogen-bond donors (Lipinski definition) is 1. The number of aromatic amines is 1. The van der Waals surface area contributed by atoms with E-state index in [-0.39, 0.29) is 18.7 Å². The molecule has 1 saturated heterocycles. The first kappa shape index (κ1) is 21.3. The number of aryl methyl sites for hydroxylation is 2. The third-order valence-corrected chi connectivity index (χ3v) is 5.95. The van der Waals surface area contributed by atoms with Crippen LogP contribution in [0.2, 0.25) is 0 Å². The highest BCUT2D eigenvalue weighted by Gasteiger charge is 2.32. The van der Waals surface area contributed by atoms with Crippen LogP contribution in [0.4, 0.5) is 4.79 Å². The van der Waals surface area contributed by atoms with Gasteiger partial charge in [0.05, 0.1) is 11.3 Å². The van der Waals surface area contributed by atoms with Crippen molar-refractivity contribution >= 4 is 33.6 Å². The zero-order valence-corrected chi connectivity index (χ0v) is 18.3. The second-order valence-corrected chi connectivity index (χ2v) is 9.55. The summed E-state index contributed by atoms with van der Waals surface area (Å²) in [6.45, 7) is 9.97. The number of piperidine rings is 1. The van der Waals surface area contributed by atoms with Crippen molar-refractivity contribution in [2.24, 2.45) is 5.92 Å². The maximum atomic E-state index is 12.5. The summed E-state index contributed by atoms with van der Waals surface area (Å²) in [6, 6.07) is 0. The summed E-state index contributed by atoms with van der Waals surface area (Å²) in [4.78, 5) is 47.4. The number of rotatable bonds is 3. The molecule has 2 aromatic heterocycles. The first-order chi connectivity index (χ1) is 13.5. The Bertz CT molecular complexity index is 988. The molecule has 1 aliphatic rings. The predicted octanol–water partition coefficient (Wildman–Crippen LogP) is 3.29. The summed E-state index contributed by atoms with van der Waals surface area (Å²) in [5.74, 6) is -0.505. The number of aromatic nitrogens is 2. The number of fused-ring (bicyclic) bond motifs is 1. The second kappa shape index (κ2) is 8.14. The smallest absolute Gasteiger partial charge is 0.410 e. The number of amides is 1. The van der Waals surface area contributed by atoms with Crippen molar-refractivity contribution in [3.8, 4) is 0 Å². The molecule has 1 N–H and O–H groups in total. The lowest BCUT2D eigenvalue weighted by Crippen LogP contribution is -2.45. The van der Waals surface area contributed by atoms with Gasteiger partial charge in [-0.15, -0.1) is 11.3 Å². The van der Waals surface area contributed by atoms with Crippen molar-refractivity contribution in [3.63, 3.8) is 0 Å². The fourth-order valence-electron chi connectivity index (χ4n) is 3.29. The Morgan fingerprint density at radius 3 is 2.72 bits per heavy atom. The summed E-state index contributed by atoms with van der Waals surface area (Å²) < 4.78 is 10.8. The van der Waals surface area contributed by atoms with E-state index in [0.29, 0.717) is 35.4 Å². The van der Waals surface area contributed by atoms with Crippen LogP contribution in [0.15, 0.2) is 4.79 Å². The van der Waals surface area contributed by atoms with E-state index in [9.17, 15) is 14.4 Å². The minimum absolute atomic E-state index is 0.108. The lowest BCUT2D eigenvalue weighted by Gasteiger charge is -2.33. The largest absolute Gasteiger partial charge is 0.457 e. The van der Waals surface area contributed by atoms with Gasteiger partial charge in [0.1, 0.15) is 22.9 Å². The first-order valence-corrected chi connectivity index (χ1v) is 10.5. The van der Waals surface area contributed by atoms with Gasteiger partial charge in [-0.1, -0.05) is 0 Å². The topological polar surface area (TPSA) is 102 Å². The monoisotopic (exact) mass is 421 g/mol. The van der Waals surface area contributed by atoms with Crippen LogP contribution in [0, 0.1) is 19.8 Å². The van der Waals surface area contributed by atoms with Crippen LogP contribution in [-0.2, 0) is 20.9 Å². The molecule has 0 saturated carbocycles. The maximum Gasteiger partial charge on any atom is 0.410 e.